The number of carbonyl (C=O) groups is 2. The van der Waals surface area contributed by atoms with Gasteiger partial charge in [0.2, 0.25) is 0 Å². The van der Waals surface area contributed by atoms with Gasteiger partial charge in [-0.05, 0) is 20.8 Å². The summed E-state index contributed by atoms with van der Waals surface area (Å²) in [5, 5.41) is 8.83. The highest BCUT2D eigenvalue weighted by Crippen LogP contribution is 2.16. The van der Waals surface area contributed by atoms with E-state index in [0.29, 0.717) is 0 Å². The molecule has 1 aliphatic heterocycles. The Balaban J connectivity index is 2.65. The lowest BCUT2D eigenvalue weighted by Gasteiger charge is -2.26. The molecule has 0 spiro atoms. The first kappa shape index (κ1) is 11.6. The van der Waals surface area contributed by atoms with E-state index < -0.39 is 23.7 Å². The lowest BCUT2D eigenvalue weighted by Crippen LogP contribution is -2.43. The Morgan fingerprint density at radius 1 is 1.47 bits per heavy atom. The van der Waals surface area contributed by atoms with Crippen LogP contribution in [0.15, 0.2) is 12.2 Å². The number of carboxylic acids is 1. The number of nitrogens with zero attached hydrogens (tertiary/aromatic N) is 1. The standard InChI is InChI=1S/C10H15NO4/c1-10(2,3)15-9(14)11-6-4-5-7(11)8(12)13/h4-5,7H,6H2,1-3H3,(H,12,13)/t7-/m1/s1. The van der Waals surface area contributed by atoms with Crippen molar-refractivity contribution in [3.05, 3.63) is 12.2 Å². The highest BCUT2D eigenvalue weighted by molar-refractivity contribution is 5.83. The Kier molecular flexibility index (Phi) is 3.02. The topological polar surface area (TPSA) is 66.8 Å². The van der Waals surface area contributed by atoms with Crippen molar-refractivity contribution in [2.75, 3.05) is 6.54 Å². The van der Waals surface area contributed by atoms with Crippen molar-refractivity contribution in [3.8, 4) is 0 Å². The zero-order chi connectivity index (χ0) is 11.6. The second-order valence-corrected chi connectivity index (χ2v) is 4.34. The molecule has 5 heteroatoms. The Hall–Kier alpha value is -1.52. The van der Waals surface area contributed by atoms with E-state index in [4.69, 9.17) is 9.84 Å². The van der Waals surface area contributed by atoms with E-state index in [1.807, 2.05) is 0 Å². The smallest absolute Gasteiger partial charge is 0.411 e. The minimum atomic E-state index is -1.05. The average Bonchev–Trinajstić information content (AvgIpc) is 2.47. The Bertz CT molecular complexity index is 303. The second kappa shape index (κ2) is 3.92. The van der Waals surface area contributed by atoms with Crippen molar-refractivity contribution in [1.29, 1.82) is 0 Å². The van der Waals surface area contributed by atoms with Gasteiger partial charge in [-0.15, -0.1) is 0 Å². The summed E-state index contributed by atoms with van der Waals surface area (Å²) in [6.07, 6.45) is 2.52. The molecule has 0 saturated carbocycles. The molecule has 1 heterocycles. The molecule has 5 nitrogen and oxygen atoms in total. The van der Waals surface area contributed by atoms with Gasteiger partial charge in [-0.2, -0.15) is 0 Å². The van der Waals surface area contributed by atoms with Gasteiger partial charge in [-0.1, -0.05) is 12.2 Å². The van der Waals surface area contributed by atoms with Crippen LogP contribution < -0.4 is 0 Å². The SMILES string of the molecule is CC(C)(C)OC(=O)N1CC=C[C@@H]1C(=O)O. The molecule has 0 aromatic carbocycles. The molecule has 1 amide bonds. The van der Waals surface area contributed by atoms with Crippen LogP contribution in [0.5, 0.6) is 0 Å². The van der Waals surface area contributed by atoms with Crippen molar-refractivity contribution < 1.29 is 19.4 Å². The van der Waals surface area contributed by atoms with Crippen LogP contribution in [0.2, 0.25) is 0 Å². The fourth-order valence-corrected chi connectivity index (χ4v) is 1.25. The van der Waals surface area contributed by atoms with Crippen LogP contribution in [0.25, 0.3) is 0 Å². The van der Waals surface area contributed by atoms with E-state index in [1.54, 1.807) is 26.8 Å². The van der Waals surface area contributed by atoms with Gasteiger partial charge in [-0.25, -0.2) is 9.59 Å². The van der Waals surface area contributed by atoms with Gasteiger partial charge in [0.25, 0.3) is 0 Å². The van der Waals surface area contributed by atoms with Gasteiger partial charge in [0, 0.05) is 6.54 Å². The summed E-state index contributed by atoms with van der Waals surface area (Å²) < 4.78 is 5.09. The normalized spacial score (nSPS) is 20.5. The van der Waals surface area contributed by atoms with E-state index in [0.717, 1.165) is 0 Å². The number of hydrogen-bond donors (Lipinski definition) is 1. The first-order valence-corrected chi connectivity index (χ1v) is 4.70. The van der Waals surface area contributed by atoms with Crippen LogP contribution in [-0.4, -0.2) is 40.3 Å². The van der Waals surface area contributed by atoms with Crippen LogP contribution in [0.4, 0.5) is 4.79 Å². The number of hydrogen-bond acceptors (Lipinski definition) is 3. The highest BCUT2D eigenvalue weighted by atomic mass is 16.6. The lowest BCUT2D eigenvalue weighted by molar-refractivity contribution is -0.140. The molecule has 0 radical (unpaired) electrons. The van der Waals surface area contributed by atoms with E-state index in [-0.39, 0.29) is 6.54 Å². The monoisotopic (exact) mass is 213 g/mol. The summed E-state index contributed by atoms with van der Waals surface area (Å²) in [5.41, 5.74) is -0.608. The third-order valence-electron chi connectivity index (χ3n) is 1.84. The number of ether oxygens (including phenoxy) is 1. The second-order valence-electron chi connectivity index (χ2n) is 4.34. The van der Waals surface area contributed by atoms with Gasteiger partial charge in [0.1, 0.15) is 5.60 Å². The molecule has 1 N–H and O–H groups in total. The van der Waals surface area contributed by atoms with E-state index >= 15 is 0 Å². The molecule has 84 valence electrons. The number of aliphatic carboxylic acids is 1. The first-order chi connectivity index (χ1) is 6.81. The molecule has 0 saturated heterocycles. The Morgan fingerprint density at radius 2 is 2.07 bits per heavy atom. The van der Waals surface area contributed by atoms with Crippen molar-refractivity contribution in [2.45, 2.75) is 32.4 Å². The number of carbonyl (C=O) groups excluding carboxylic acids is 1. The Labute approximate surface area is 88.3 Å². The fraction of sp³-hybridized carbons (Fsp3) is 0.600. The maximum Gasteiger partial charge on any atom is 0.411 e. The van der Waals surface area contributed by atoms with Crippen molar-refractivity contribution in [1.82, 2.24) is 4.90 Å². The van der Waals surface area contributed by atoms with Gasteiger partial charge in [0.15, 0.2) is 6.04 Å². The van der Waals surface area contributed by atoms with Gasteiger partial charge in [0.05, 0.1) is 0 Å². The van der Waals surface area contributed by atoms with E-state index in [2.05, 4.69) is 0 Å². The lowest BCUT2D eigenvalue weighted by atomic mass is 10.2. The molecule has 1 aliphatic rings. The zero-order valence-corrected chi connectivity index (χ0v) is 9.06. The number of carboxylic acid groups (broad SMARTS) is 1. The van der Waals surface area contributed by atoms with Gasteiger partial charge < -0.3 is 9.84 Å². The minimum Gasteiger partial charge on any atom is -0.479 e. The molecule has 0 aromatic rings. The third kappa shape index (κ3) is 2.97. The molecule has 0 fully saturated rings. The molecular formula is C10H15NO4. The molecule has 0 unspecified atom stereocenters. The van der Waals surface area contributed by atoms with E-state index in [1.165, 1.54) is 11.0 Å². The molecule has 15 heavy (non-hydrogen) atoms. The first-order valence-electron chi connectivity index (χ1n) is 4.70. The van der Waals surface area contributed by atoms with Crippen LogP contribution in [0.1, 0.15) is 20.8 Å². The molecule has 0 aliphatic carbocycles. The summed E-state index contributed by atoms with van der Waals surface area (Å²) in [6, 6.07) is -0.903. The number of amides is 1. The molecule has 0 aromatic heterocycles. The van der Waals surface area contributed by atoms with Crippen molar-refractivity contribution in [2.24, 2.45) is 0 Å². The quantitative estimate of drug-likeness (QED) is 0.665. The Morgan fingerprint density at radius 3 is 2.53 bits per heavy atom. The van der Waals surface area contributed by atoms with Crippen molar-refractivity contribution in [3.63, 3.8) is 0 Å². The van der Waals surface area contributed by atoms with Crippen LogP contribution in [-0.2, 0) is 9.53 Å². The maximum atomic E-state index is 11.6. The number of rotatable bonds is 1. The predicted molar refractivity (Wildman–Crippen MR) is 53.5 cm³/mol. The van der Waals surface area contributed by atoms with Crippen molar-refractivity contribution >= 4 is 12.1 Å². The maximum absolute atomic E-state index is 11.6. The third-order valence-corrected chi connectivity index (χ3v) is 1.84. The zero-order valence-electron chi connectivity index (χ0n) is 9.06. The van der Waals surface area contributed by atoms with Crippen LogP contribution >= 0.6 is 0 Å². The summed E-state index contributed by atoms with van der Waals surface area (Å²) in [4.78, 5) is 23.5. The molecule has 1 rings (SSSR count). The molecular weight excluding hydrogens is 198 g/mol. The summed E-state index contributed by atoms with van der Waals surface area (Å²) >= 11 is 0. The van der Waals surface area contributed by atoms with Crippen LogP contribution in [0, 0.1) is 0 Å². The van der Waals surface area contributed by atoms with Crippen LogP contribution in [0.3, 0.4) is 0 Å². The summed E-state index contributed by atoms with van der Waals surface area (Å²) in [7, 11) is 0. The van der Waals surface area contributed by atoms with E-state index in [9.17, 15) is 9.59 Å². The predicted octanol–water partition coefficient (Wildman–Crippen LogP) is 1.25. The van der Waals surface area contributed by atoms with Gasteiger partial charge >= 0.3 is 12.1 Å². The summed E-state index contributed by atoms with van der Waals surface area (Å²) in [6.45, 7) is 5.50. The minimum absolute atomic E-state index is 0.284. The van der Waals surface area contributed by atoms with Gasteiger partial charge in [-0.3, -0.25) is 4.90 Å². The fourth-order valence-electron chi connectivity index (χ4n) is 1.25. The molecule has 0 bridgehead atoms. The summed E-state index contributed by atoms with van der Waals surface area (Å²) in [5.74, 6) is -1.05. The molecule has 1 atom stereocenters. The largest absolute Gasteiger partial charge is 0.479 e. The average molecular weight is 213 g/mol. The highest BCUT2D eigenvalue weighted by Gasteiger charge is 2.33.